The molecule has 71 valence electrons. The molecule has 2 nitrogen and oxygen atoms in total. The minimum absolute atomic E-state index is 0.842. The third kappa shape index (κ3) is 4.65. The first kappa shape index (κ1) is 10.2. The molecule has 0 unspecified atom stereocenters. The van der Waals surface area contributed by atoms with Crippen molar-refractivity contribution in [3.63, 3.8) is 0 Å². The van der Waals surface area contributed by atoms with E-state index in [0.29, 0.717) is 0 Å². The summed E-state index contributed by atoms with van der Waals surface area (Å²) in [7, 11) is 4.13. The molecule has 0 saturated heterocycles. The zero-order chi connectivity index (χ0) is 9.52. The van der Waals surface area contributed by atoms with E-state index in [9.17, 15) is 0 Å². The molecule has 0 heterocycles. The minimum Gasteiger partial charge on any atom is -0.308 e. The van der Waals surface area contributed by atoms with Crippen molar-refractivity contribution in [1.29, 1.82) is 0 Å². The van der Waals surface area contributed by atoms with Gasteiger partial charge in [-0.3, -0.25) is 0 Å². The van der Waals surface area contributed by atoms with Crippen molar-refractivity contribution in [2.75, 3.05) is 27.2 Å². The van der Waals surface area contributed by atoms with Crippen LogP contribution in [0, 0.1) is 0 Å². The maximum atomic E-state index is 4.44. The predicted molar refractivity (Wildman–Crippen MR) is 55.7 cm³/mol. The van der Waals surface area contributed by atoms with Crippen LogP contribution in [0.4, 0.5) is 0 Å². The van der Waals surface area contributed by atoms with Crippen molar-refractivity contribution in [1.82, 2.24) is 10.2 Å². The molecule has 1 aromatic rings. The normalized spacial score (nSPS) is 10.7. The van der Waals surface area contributed by atoms with E-state index in [1.807, 2.05) is 6.07 Å². The maximum Gasteiger partial charge on any atom is 0.0384 e. The van der Waals surface area contributed by atoms with Gasteiger partial charge in [-0.15, -0.1) is 0 Å². The van der Waals surface area contributed by atoms with Gasteiger partial charge in [0.15, 0.2) is 0 Å². The highest BCUT2D eigenvalue weighted by Gasteiger charge is 1.92. The van der Waals surface area contributed by atoms with E-state index in [1.165, 1.54) is 5.56 Å². The molecular formula is C11H17N2. The fourth-order valence-electron chi connectivity index (χ4n) is 1.06. The average Bonchev–Trinajstić information content (AvgIpc) is 2.14. The maximum absolute atomic E-state index is 4.44. The highest BCUT2D eigenvalue weighted by atomic mass is 15.1. The Hall–Kier alpha value is -0.860. The Morgan fingerprint density at radius 1 is 1.15 bits per heavy atom. The van der Waals surface area contributed by atoms with Gasteiger partial charge in [0.2, 0.25) is 0 Å². The molecule has 0 atom stereocenters. The lowest BCUT2D eigenvalue weighted by molar-refractivity contribution is 0.398. The topological polar surface area (TPSA) is 17.3 Å². The van der Waals surface area contributed by atoms with Crippen molar-refractivity contribution < 1.29 is 0 Å². The first-order valence-corrected chi connectivity index (χ1v) is 4.61. The number of nitrogens with zero attached hydrogens (tertiary/aromatic N) is 2. The van der Waals surface area contributed by atoms with Crippen LogP contribution in [0.5, 0.6) is 0 Å². The van der Waals surface area contributed by atoms with Crippen LogP contribution in [-0.2, 0) is 6.54 Å². The van der Waals surface area contributed by atoms with Gasteiger partial charge in [-0.05, 0) is 19.7 Å². The van der Waals surface area contributed by atoms with Crippen LogP contribution < -0.4 is 5.32 Å². The summed E-state index contributed by atoms with van der Waals surface area (Å²) in [6.07, 6.45) is 0. The van der Waals surface area contributed by atoms with Gasteiger partial charge in [-0.2, -0.15) is 0 Å². The van der Waals surface area contributed by atoms with Gasteiger partial charge in [0.25, 0.3) is 0 Å². The smallest absolute Gasteiger partial charge is 0.0384 e. The highest BCUT2D eigenvalue weighted by molar-refractivity contribution is 5.14. The van der Waals surface area contributed by atoms with Crippen LogP contribution >= 0.6 is 0 Å². The van der Waals surface area contributed by atoms with Crippen molar-refractivity contribution in [3.8, 4) is 0 Å². The van der Waals surface area contributed by atoms with E-state index in [4.69, 9.17) is 0 Å². The molecule has 0 aromatic heterocycles. The van der Waals surface area contributed by atoms with Crippen molar-refractivity contribution in [2.24, 2.45) is 0 Å². The lowest BCUT2D eigenvalue weighted by Crippen LogP contribution is -2.22. The second-order valence-electron chi connectivity index (χ2n) is 3.39. The lowest BCUT2D eigenvalue weighted by atomic mass is 10.2. The van der Waals surface area contributed by atoms with Gasteiger partial charge in [0.1, 0.15) is 0 Å². The van der Waals surface area contributed by atoms with Crippen molar-refractivity contribution in [3.05, 3.63) is 35.9 Å². The molecule has 13 heavy (non-hydrogen) atoms. The van der Waals surface area contributed by atoms with E-state index in [1.54, 1.807) is 0 Å². The summed E-state index contributed by atoms with van der Waals surface area (Å²) in [6.45, 7) is 2.80. The summed E-state index contributed by atoms with van der Waals surface area (Å²) < 4.78 is 0. The number of benzene rings is 1. The number of hydrogen-bond acceptors (Lipinski definition) is 1. The molecule has 0 aliphatic carbocycles. The summed E-state index contributed by atoms with van der Waals surface area (Å²) >= 11 is 0. The van der Waals surface area contributed by atoms with Crippen LogP contribution in [-0.4, -0.2) is 32.1 Å². The van der Waals surface area contributed by atoms with Crippen LogP contribution in [0.15, 0.2) is 30.3 Å². The van der Waals surface area contributed by atoms with Crippen molar-refractivity contribution >= 4 is 0 Å². The van der Waals surface area contributed by atoms with E-state index in [0.717, 1.165) is 19.6 Å². The summed E-state index contributed by atoms with van der Waals surface area (Å²) in [6, 6.07) is 10.4. The van der Waals surface area contributed by atoms with Gasteiger partial charge < -0.3 is 4.90 Å². The number of hydrogen-bond donors (Lipinski definition) is 0. The molecule has 0 spiro atoms. The SMILES string of the molecule is CN(C)CC[N]Cc1ccccc1. The summed E-state index contributed by atoms with van der Waals surface area (Å²) in [5, 5.41) is 4.44. The second kappa shape index (κ2) is 5.73. The Labute approximate surface area is 80.6 Å². The van der Waals surface area contributed by atoms with Crippen molar-refractivity contribution in [2.45, 2.75) is 6.54 Å². The van der Waals surface area contributed by atoms with Gasteiger partial charge >= 0.3 is 0 Å². The third-order valence-electron chi connectivity index (χ3n) is 1.84. The third-order valence-corrected chi connectivity index (χ3v) is 1.84. The summed E-state index contributed by atoms with van der Waals surface area (Å²) in [4.78, 5) is 2.15. The average molecular weight is 177 g/mol. The van der Waals surface area contributed by atoms with Gasteiger partial charge in [0, 0.05) is 19.6 Å². The van der Waals surface area contributed by atoms with E-state index < -0.39 is 0 Å². The molecule has 0 fully saturated rings. The number of likely N-dealkylation sites (N-methyl/N-ethyl adjacent to an activating group) is 1. The van der Waals surface area contributed by atoms with Crippen LogP contribution in [0.3, 0.4) is 0 Å². The molecule has 1 radical (unpaired) electrons. The van der Waals surface area contributed by atoms with Gasteiger partial charge in [-0.1, -0.05) is 30.3 Å². The summed E-state index contributed by atoms with van der Waals surface area (Å²) in [5.74, 6) is 0. The minimum atomic E-state index is 0.842. The molecule has 0 aliphatic rings. The zero-order valence-corrected chi connectivity index (χ0v) is 8.40. The monoisotopic (exact) mass is 177 g/mol. The van der Waals surface area contributed by atoms with E-state index in [-0.39, 0.29) is 0 Å². The standard InChI is InChI=1S/C11H17N2/c1-13(2)9-8-12-10-11-6-4-3-5-7-11/h3-7H,8-10H2,1-2H3. The van der Waals surface area contributed by atoms with E-state index in [2.05, 4.69) is 48.6 Å². The largest absolute Gasteiger partial charge is 0.308 e. The lowest BCUT2D eigenvalue weighted by Gasteiger charge is -2.08. The molecule has 0 aliphatic heterocycles. The molecule has 0 bridgehead atoms. The quantitative estimate of drug-likeness (QED) is 0.621. The van der Waals surface area contributed by atoms with Crippen LogP contribution in [0.2, 0.25) is 0 Å². The molecule has 0 amide bonds. The molecule has 2 heteroatoms. The first-order valence-electron chi connectivity index (χ1n) is 4.61. The second-order valence-corrected chi connectivity index (χ2v) is 3.39. The highest BCUT2D eigenvalue weighted by Crippen LogP contribution is 1.97. The molecule has 1 aromatic carbocycles. The Morgan fingerprint density at radius 2 is 1.85 bits per heavy atom. The Balaban J connectivity index is 2.13. The van der Waals surface area contributed by atoms with Gasteiger partial charge in [0.05, 0.1) is 0 Å². The van der Waals surface area contributed by atoms with Crippen LogP contribution in [0.1, 0.15) is 5.56 Å². The molecule has 0 N–H and O–H groups in total. The van der Waals surface area contributed by atoms with Crippen LogP contribution in [0.25, 0.3) is 0 Å². The predicted octanol–water partition coefficient (Wildman–Crippen LogP) is 1.35. The summed E-state index contributed by atoms with van der Waals surface area (Å²) in [5.41, 5.74) is 1.29. The molecule has 0 saturated carbocycles. The Morgan fingerprint density at radius 3 is 2.46 bits per heavy atom. The molecule has 1 rings (SSSR count). The number of rotatable bonds is 5. The fraction of sp³-hybridized carbons (Fsp3) is 0.455. The zero-order valence-electron chi connectivity index (χ0n) is 8.40. The molecular weight excluding hydrogens is 160 g/mol. The van der Waals surface area contributed by atoms with Gasteiger partial charge in [-0.25, -0.2) is 5.32 Å². The Kier molecular flexibility index (Phi) is 4.50. The fourth-order valence-corrected chi connectivity index (χ4v) is 1.06. The Bertz CT molecular complexity index is 219. The van der Waals surface area contributed by atoms with E-state index >= 15 is 0 Å². The first-order chi connectivity index (χ1) is 6.29.